The predicted molar refractivity (Wildman–Crippen MR) is 87.3 cm³/mol. The van der Waals surface area contributed by atoms with Crippen LogP contribution in [-0.4, -0.2) is 15.7 Å². The Hall–Kier alpha value is -2.66. The zero-order chi connectivity index (χ0) is 16.2. The SMILES string of the molecule is O=C(Cc1cnn(-c2ccccc2)c1)Nc1ccc(Cl)cc1F. The van der Waals surface area contributed by atoms with Gasteiger partial charge in [-0.25, -0.2) is 9.07 Å². The number of benzene rings is 2. The lowest BCUT2D eigenvalue weighted by Gasteiger charge is -2.05. The van der Waals surface area contributed by atoms with Crippen LogP contribution in [0.1, 0.15) is 5.56 Å². The van der Waals surface area contributed by atoms with E-state index in [0.717, 1.165) is 17.3 Å². The summed E-state index contributed by atoms with van der Waals surface area (Å²) in [6.45, 7) is 0. The van der Waals surface area contributed by atoms with Crippen LogP contribution in [0.3, 0.4) is 0 Å². The molecule has 0 radical (unpaired) electrons. The summed E-state index contributed by atoms with van der Waals surface area (Å²) in [7, 11) is 0. The van der Waals surface area contributed by atoms with Gasteiger partial charge in [-0.05, 0) is 35.9 Å². The van der Waals surface area contributed by atoms with Crippen molar-refractivity contribution >= 4 is 23.2 Å². The van der Waals surface area contributed by atoms with Crippen molar-refractivity contribution in [2.75, 3.05) is 5.32 Å². The molecule has 0 unspecified atom stereocenters. The summed E-state index contributed by atoms with van der Waals surface area (Å²) in [5.74, 6) is -0.885. The summed E-state index contributed by atoms with van der Waals surface area (Å²) in [6, 6.07) is 13.7. The number of rotatable bonds is 4. The molecule has 0 aliphatic rings. The van der Waals surface area contributed by atoms with E-state index in [4.69, 9.17) is 11.6 Å². The summed E-state index contributed by atoms with van der Waals surface area (Å²) in [4.78, 5) is 12.0. The third-order valence-corrected chi connectivity index (χ3v) is 3.46. The van der Waals surface area contributed by atoms with Crippen molar-refractivity contribution < 1.29 is 9.18 Å². The Morgan fingerprint density at radius 3 is 2.74 bits per heavy atom. The largest absolute Gasteiger partial charge is 0.323 e. The molecule has 0 bridgehead atoms. The lowest BCUT2D eigenvalue weighted by molar-refractivity contribution is -0.115. The summed E-state index contributed by atoms with van der Waals surface area (Å²) in [5, 5.41) is 7.03. The maximum atomic E-state index is 13.7. The zero-order valence-corrected chi connectivity index (χ0v) is 12.8. The molecule has 1 amide bonds. The third-order valence-electron chi connectivity index (χ3n) is 3.23. The van der Waals surface area contributed by atoms with Crippen molar-refractivity contribution in [3.8, 4) is 5.69 Å². The molecule has 23 heavy (non-hydrogen) atoms. The van der Waals surface area contributed by atoms with E-state index in [1.54, 1.807) is 17.1 Å². The molecule has 0 saturated heterocycles. The van der Waals surface area contributed by atoms with Crippen molar-refractivity contribution in [3.63, 3.8) is 0 Å². The average Bonchev–Trinajstić information content (AvgIpc) is 2.99. The Kier molecular flexibility index (Phi) is 4.39. The Balaban J connectivity index is 1.68. The maximum absolute atomic E-state index is 13.7. The Bertz CT molecular complexity index is 833. The first-order valence-corrected chi connectivity index (χ1v) is 7.33. The number of para-hydroxylation sites is 1. The van der Waals surface area contributed by atoms with E-state index < -0.39 is 5.82 Å². The molecule has 0 atom stereocenters. The molecule has 4 nitrogen and oxygen atoms in total. The number of carbonyl (C=O) groups excluding carboxylic acids is 1. The number of halogens is 2. The second-order valence-corrected chi connectivity index (χ2v) is 5.41. The van der Waals surface area contributed by atoms with E-state index in [9.17, 15) is 9.18 Å². The standard InChI is InChI=1S/C17H13ClFN3O/c18-13-6-7-16(15(19)9-13)21-17(23)8-12-10-20-22(11-12)14-4-2-1-3-5-14/h1-7,9-11H,8H2,(H,21,23). The molecular formula is C17H13ClFN3O. The fraction of sp³-hybridized carbons (Fsp3) is 0.0588. The molecule has 3 aromatic rings. The number of hydrogen-bond acceptors (Lipinski definition) is 2. The predicted octanol–water partition coefficient (Wildman–Crippen LogP) is 3.85. The summed E-state index contributed by atoms with van der Waals surface area (Å²) >= 11 is 5.68. The van der Waals surface area contributed by atoms with E-state index in [0.29, 0.717) is 0 Å². The van der Waals surface area contributed by atoms with Crippen LogP contribution in [0.4, 0.5) is 10.1 Å². The van der Waals surface area contributed by atoms with Crippen molar-refractivity contribution in [1.29, 1.82) is 0 Å². The van der Waals surface area contributed by atoms with Crippen LogP contribution < -0.4 is 5.32 Å². The lowest BCUT2D eigenvalue weighted by atomic mass is 10.2. The molecule has 0 spiro atoms. The molecule has 6 heteroatoms. The molecule has 2 aromatic carbocycles. The first-order chi connectivity index (χ1) is 11.1. The van der Waals surface area contributed by atoms with Crippen molar-refractivity contribution in [2.45, 2.75) is 6.42 Å². The first kappa shape index (κ1) is 15.2. The molecule has 116 valence electrons. The number of anilines is 1. The van der Waals surface area contributed by atoms with Crippen LogP contribution in [-0.2, 0) is 11.2 Å². The van der Waals surface area contributed by atoms with Gasteiger partial charge in [-0.15, -0.1) is 0 Å². The van der Waals surface area contributed by atoms with Crippen LogP contribution in [0.25, 0.3) is 5.69 Å². The molecule has 3 rings (SSSR count). The van der Waals surface area contributed by atoms with Gasteiger partial charge in [0.25, 0.3) is 0 Å². The van der Waals surface area contributed by atoms with Gasteiger partial charge in [0.1, 0.15) is 5.82 Å². The van der Waals surface area contributed by atoms with Gasteiger partial charge in [0.2, 0.25) is 5.91 Å². The Morgan fingerprint density at radius 1 is 1.22 bits per heavy atom. The van der Waals surface area contributed by atoms with Gasteiger partial charge in [0.15, 0.2) is 0 Å². The van der Waals surface area contributed by atoms with Gasteiger partial charge in [0, 0.05) is 11.2 Å². The number of nitrogens with one attached hydrogen (secondary N) is 1. The summed E-state index contributed by atoms with van der Waals surface area (Å²) < 4.78 is 15.3. The molecule has 0 aliphatic carbocycles. The maximum Gasteiger partial charge on any atom is 0.228 e. The molecular weight excluding hydrogens is 317 g/mol. The lowest BCUT2D eigenvalue weighted by Crippen LogP contribution is -2.15. The van der Waals surface area contributed by atoms with E-state index in [2.05, 4.69) is 10.4 Å². The Labute approximate surface area is 137 Å². The van der Waals surface area contributed by atoms with Crippen LogP contribution >= 0.6 is 11.6 Å². The quantitative estimate of drug-likeness (QED) is 0.790. The van der Waals surface area contributed by atoms with Crippen molar-refractivity contribution in [1.82, 2.24) is 9.78 Å². The van der Waals surface area contributed by atoms with E-state index in [1.165, 1.54) is 12.1 Å². The highest BCUT2D eigenvalue weighted by molar-refractivity contribution is 6.30. The minimum Gasteiger partial charge on any atom is -0.323 e. The van der Waals surface area contributed by atoms with E-state index in [1.807, 2.05) is 30.3 Å². The van der Waals surface area contributed by atoms with Gasteiger partial charge in [-0.3, -0.25) is 4.79 Å². The second-order valence-electron chi connectivity index (χ2n) is 4.98. The second kappa shape index (κ2) is 6.62. The van der Waals surface area contributed by atoms with Crippen LogP contribution in [0, 0.1) is 5.82 Å². The van der Waals surface area contributed by atoms with Crippen LogP contribution in [0.5, 0.6) is 0 Å². The molecule has 0 fully saturated rings. The first-order valence-electron chi connectivity index (χ1n) is 6.96. The monoisotopic (exact) mass is 329 g/mol. The minimum atomic E-state index is -0.564. The highest BCUT2D eigenvalue weighted by Crippen LogP contribution is 2.19. The van der Waals surface area contributed by atoms with Gasteiger partial charge in [0.05, 0.1) is 24.0 Å². The van der Waals surface area contributed by atoms with Gasteiger partial charge in [-0.1, -0.05) is 29.8 Å². The van der Waals surface area contributed by atoms with E-state index in [-0.39, 0.29) is 23.0 Å². The normalized spacial score (nSPS) is 10.5. The highest BCUT2D eigenvalue weighted by atomic mass is 35.5. The Morgan fingerprint density at radius 2 is 2.00 bits per heavy atom. The third kappa shape index (κ3) is 3.76. The molecule has 1 heterocycles. The van der Waals surface area contributed by atoms with Crippen molar-refractivity contribution in [2.24, 2.45) is 0 Å². The number of carbonyl (C=O) groups is 1. The highest BCUT2D eigenvalue weighted by Gasteiger charge is 2.10. The summed E-state index contributed by atoms with van der Waals surface area (Å²) in [5.41, 5.74) is 1.75. The smallest absolute Gasteiger partial charge is 0.228 e. The topological polar surface area (TPSA) is 46.9 Å². The van der Waals surface area contributed by atoms with E-state index >= 15 is 0 Å². The number of aromatic nitrogens is 2. The number of hydrogen-bond donors (Lipinski definition) is 1. The van der Waals surface area contributed by atoms with Crippen LogP contribution in [0.2, 0.25) is 5.02 Å². The number of amides is 1. The van der Waals surface area contributed by atoms with Crippen LogP contribution in [0.15, 0.2) is 60.9 Å². The minimum absolute atomic E-state index is 0.106. The van der Waals surface area contributed by atoms with Crippen molar-refractivity contribution in [3.05, 3.63) is 77.3 Å². The fourth-order valence-electron chi connectivity index (χ4n) is 2.14. The van der Waals surface area contributed by atoms with Gasteiger partial charge in [-0.2, -0.15) is 5.10 Å². The zero-order valence-electron chi connectivity index (χ0n) is 12.0. The molecule has 1 N–H and O–H groups in total. The molecule has 1 aromatic heterocycles. The molecule has 0 saturated carbocycles. The number of nitrogens with zero attached hydrogens (tertiary/aromatic N) is 2. The average molecular weight is 330 g/mol. The summed E-state index contributed by atoms with van der Waals surface area (Å²) in [6.07, 6.45) is 3.49. The van der Waals surface area contributed by atoms with Gasteiger partial charge >= 0.3 is 0 Å². The van der Waals surface area contributed by atoms with Gasteiger partial charge < -0.3 is 5.32 Å². The fourth-order valence-corrected chi connectivity index (χ4v) is 2.30. The molecule has 0 aliphatic heterocycles.